The first-order chi connectivity index (χ1) is 15.2. The molecular weight excluding hydrogens is 386 g/mol. The van der Waals surface area contributed by atoms with Crippen LogP contribution in [0.1, 0.15) is 25.3 Å². The SMILES string of the molecule is CCOC(=O)C1=C(C)NC2=C(C=Nc3ccccc3N2)[C@H]1c1cccc2ccccc12. The fourth-order valence-electron chi connectivity index (χ4n) is 4.36. The van der Waals surface area contributed by atoms with Crippen molar-refractivity contribution >= 4 is 34.3 Å². The summed E-state index contributed by atoms with van der Waals surface area (Å²) in [4.78, 5) is 17.8. The summed E-state index contributed by atoms with van der Waals surface area (Å²) in [7, 11) is 0. The van der Waals surface area contributed by atoms with Gasteiger partial charge in [0.05, 0.1) is 23.6 Å². The Bertz CT molecular complexity index is 1280. The van der Waals surface area contributed by atoms with E-state index in [-0.39, 0.29) is 11.9 Å². The average molecular weight is 409 g/mol. The Balaban J connectivity index is 1.74. The van der Waals surface area contributed by atoms with E-state index in [1.165, 1.54) is 0 Å². The third kappa shape index (κ3) is 3.28. The minimum Gasteiger partial charge on any atom is -0.463 e. The summed E-state index contributed by atoms with van der Waals surface area (Å²) in [6.07, 6.45) is 1.86. The molecule has 0 bridgehead atoms. The molecule has 0 aliphatic carbocycles. The van der Waals surface area contributed by atoms with Crippen molar-refractivity contribution in [2.24, 2.45) is 4.99 Å². The van der Waals surface area contributed by atoms with E-state index >= 15 is 0 Å². The molecule has 2 aliphatic heterocycles. The van der Waals surface area contributed by atoms with E-state index in [0.717, 1.165) is 44.8 Å². The Morgan fingerprint density at radius 3 is 2.65 bits per heavy atom. The lowest BCUT2D eigenvalue weighted by atomic mass is 9.80. The quantitative estimate of drug-likeness (QED) is 0.568. The molecule has 2 aliphatic rings. The number of para-hydroxylation sites is 2. The van der Waals surface area contributed by atoms with E-state index in [4.69, 9.17) is 9.73 Å². The van der Waals surface area contributed by atoms with Crippen molar-refractivity contribution in [3.63, 3.8) is 0 Å². The van der Waals surface area contributed by atoms with Crippen molar-refractivity contribution in [3.05, 3.63) is 95.0 Å². The molecule has 154 valence electrons. The molecule has 5 heteroatoms. The van der Waals surface area contributed by atoms with Crippen LogP contribution in [0.3, 0.4) is 0 Å². The van der Waals surface area contributed by atoms with Crippen LogP contribution in [0.15, 0.2) is 94.4 Å². The lowest BCUT2D eigenvalue weighted by Crippen LogP contribution is -2.33. The van der Waals surface area contributed by atoms with Crippen molar-refractivity contribution in [2.75, 3.05) is 11.9 Å². The first kappa shape index (κ1) is 19.1. The number of ether oxygens (including phenoxy) is 1. The number of benzene rings is 3. The highest BCUT2D eigenvalue weighted by atomic mass is 16.5. The first-order valence-corrected chi connectivity index (χ1v) is 10.4. The van der Waals surface area contributed by atoms with Crippen LogP contribution in [0.4, 0.5) is 11.4 Å². The molecule has 0 amide bonds. The van der Waals surface area contributed by atoms with Gasteiger partial charge in [-0.05, 0) is 42.3 Å². The van der Waals surface area contributed by atoms with Gasteiger partial charge in [-0.2, -0.15) is 0 Å². The van der Waals surface area contributed by atoms with E-state index in [1.54, 1.807) is 0 Å². The smallest absolute Gasteiger partial charge is 0.336 e. The molecule has 0 saturated carbocycles. The van der Waals surface area contributed by atoms with Crippen LogP contribution in [-0.4, -0.2) is 18.8 Å². The van der Waals surface area contributed by atoms with Gasteiger partial charge in [0.2, 0.25) is 0 Å². The van der Waals surface area contributed by atoms with Crippen molar-refractivity contribution in [1.82, 2.24) is 5.32 Å². The number of hydrogen-bond donors (Lipinski definition) is 2. The van der Waals surface area contributed by atoms with Gasteiger partial charge in [-0.15, -0.1) is 0 Å². The second-order valence-electron chi connectivity index (χ2n) is 7.62. The zero-order valence-electron chi connectivity index (χ0n) is 17.5. The summed E-state index contributed by atoms with van der Waals surface area (Å²) in [5.41, 5.74) is 5.10. The van der Waals surface area contributed by atoms with E-state index in [2.05, 4.69) is 34.9 Å². The maximum atomic E-state index is 13.1. The number of dihydropyridines is 1. The van der Waals surface area contributed by atoms with Gasteiger partial charge in [0, 0.05) is 23.4 Å². The molecule has 5 nitrogen and oxygen atoms in total. The van der Waals surface area contributed by atoms with Gasteiger partial charge in [0.25, 0.3) is 0 Å². The molecule has 0 aromatic heterocycles. The summed E-state index contributed by atoms with van der Waals surface area (Å²) in [5.74, 6) is 0.205. The Hall–Kier alpha value is -3.86. The van der Waals surface area contributed by atoms with Crippen molar-refractivity contribution in [2.45, 2.75) is 19.8 Å². The van der Waals surface area contributed by atoms with Gasteiger partial charge in [-0.25, -0.2) is 4.79 Å². The number of anilines is 1. The molecule has 3 aromatic carbocycles. The topological polar surface area (TPSA) is 62.7 Å². The normalized spacial score (nSPS) is 17.4. The number of hydrogen-bond acceptors (Lipinski definition) is 5. The molecule has 0 fully saturated rings. The lowest BCUT2D eigenvalue weighted by Gasteiger charge is -2.31. The Labute approximate surface area is 181 Å². The minimum atomic E-state index is -0.313. The molecule has 0 saturated heterocycles. The number of allylic oxidation sites excluding steroid dienone is 2. The highest BCUT2D eigenvalue weighted by Crippen LogP contribution is 2.42. The summed E-state index contributed by atoms with van der Waals surface area (Å²) >= 11 is 0. The Morgan fingerprint density at radius 1 is 1.00 bits per heavy atom. The number of aliphatic imine (C=N–C) groups is 1. The van der Waals surface area contributed by atoms with Crippen molar-refractivity contribution in [3.8, 4) is 0 Å². The monoisotopic (exact) mass is 409 g/mol. The number of carbonyl (C=O) groups excluding carboxylic acids is 1. The van der Waals surface area contributed by atoms with E-state index < -0.39 is 0 Å². The van der Waals surface area contributed by atoms with Gasteiger partial charge >= 0.3 is 5.97 Å². The average Bonchev–Trinajstić information content (AvgIpc) is 2.97. The molecular formula is C26H23N3O2. The molecule has 31 heavy (non-hydrogen) atoms. The third-order valence-electron chi connectivity index (χ3n) is 5.74. The maximum Gasteiger partial charge on any atom is 0.336 e. The number of carbonyl (C=O) groups is 1. The number of nitrogens with one attached hydrogen (secondary N) is 2. The lowest BCUT2D eigenvalue weighted by molar-refractivity contribution is -0.138. The van der Waals surface area contributed by atoms with Gasteiger partial charge in [0.1, 0.15) is 5.82 Å². The Morgan fingerprint density at radius 2 is 1.77 bits per heavy atom. The molecule has 0 unspecified atom stereocenters. The zero-order valence-corrected chi connectivity index (χ0v) is 17.5. The first-order valence-electron chi connectivity index (χ1n) is 10.4. The summed E-state index contributed by atoms with van der Waals surface area (Å²) < 4.78 is 5.46. The minimum absolute atomic E-state index is 0.313. The fraction of sp³-hybridized carbons (Fsp3) is 0.154. The van der Waals surface area contributed by atoms with Crippen LogP contribution in [0.25, 0.3) is 10.8 Å². The van der Waals surface area contributed by atoms with Crippen molar-refractivity contribution in [1.29, 1.82) is 0 Å². The number of rotatable bonds is 3. The summed E-state index contributed by atoms with van der Waals surface area (Å²) in [6, 6.07) is 22.4. The second-order valence-corrected chi connectivity index (χ2v) is 7.62. The molecule has 2 heterocycles. The van der Waals surface area contributed by atoms with E-state index in [9.17, 15) is 4.79 Å². The molecule has 0 radical (unpaired) electrons. The highest BCUT2D eigenvalue weighted by Gasteiger charge is 2.36. The predicted molar refractivity (Wildman–Crippen MR) is 124 cm³/mol. The largest absolute Gasteiger partial charge is 0.463 e. The highest BCUT2D eigenvalue weighted by molar-refractivity contribution is 6.01. The zero-order chi connectivity index (χ0) is 21.4. The predicted octanol–water partition coefficient (Wildman–Crippen LogP) is 5.40. The van der Waals surface area contributed by atoms with Crippen LogP contribution in [0, 0.1) is 0 Å². The van der Waals surface area contributed by atoms with Gasteiger partial charge in [-0.3, -0.25) is 4.99 Å². The molecule has 2 N–H and O–H groups in total. The van der Waals surface area contributed by atoms with Crippen LogP contribution in [-0.2, 0) is 9.53 Å². The maximum absolute atomic E-state index is 13.1. The van der Waals surface area contributed by atoms with Crippen LogP contribution in [0.2, 0.25) is 0 Å². The Kier molecular flexibility index (Phi) is 4.79. The fourth-order valence-corrected chi connectivity index (χ4v) is 4.36. The second kappa shape index (κ2) is 7.76. The number of fused-ring (bicyclic) bond motifs is 2. The molecule has 0 spiro atoms. The molecule has 3 aromatic rings. The molecule has 5 rings (SSSR count). The summed E-state index contributed by atoms with van der Waals surface area (Å²) in [5, 5.41) is 9.11. The van der Waals surface area contributed by atoms with Crippen LogP contribution < -0.4 is 10.6 Å². The van der Waals surface area contributed by atoms with E-state index in [0.29, 0.717) is 12.2 Å². The van der Waals surface area contributed by atoms with Gasteiger partial charge in [-0.1, -0.05) is 54.6 Å². The number of nitrogens with zero attached hydrogens (tertiary/aromatic N) is 1. The van der Waals surface area contributed by atoms with Gasteiger partial charge in [0.15, 0.2) is 0 Å². The van der Waals surface area contributed by atoms with Gasteiger partial charge < -0.3 is 15.4 Å². The van der Waals surface area contributed by atoms with E-state index in [1.807, 2.05) is 62.5 Å². The standard InChI is InChI=1S/C26H23N3O2/c1-3-31-26(30)23-16(2)28-25-20(15-27-21-13-6-7-14-22(21)29-25)24(23)19-12-8-10-17-9-4-5-11-18(17)19/h4-15,24,28-29H,3H2,1-2H3/t24-/m1/s1. The van der Waals surface area contributed by atoms with Crippen molar-refractivity contribution < 1.29 is 9.53 Å². The van der Waals surface area contributed by atoms with Crippen LogP contribution in [0.5, 0.6) is 0 Å². The van der Waals surface area contributed by atoms with Crippen LogP contribution >= 0.6 is 0 Å². The third-order valence-corrected chi connectivity index (χ3v) is 5.74. The number of esters is 1. The summed E-state index contributed by atoms with van der Waals surface area (Å²) in [6.45, 7) is 4.07. The molecule has 1 atom stereocenters.